The predicted octanol–water partition coefficient (Wildman–Crippen LogP) is 2.06. The van der Waals surface area contributed by atoms with E-state index in [1.54, 1.807) is 36.7 Å². The van der Waals surface area contributed by atoms with Crippen LogP contribution >= 0.6 is 0 Å². The Hall–Kier alpha value is -1.31. The van der Waals surface area contributed by atoms with Gasteiger partial charge in [0.15, 0.2) is 0 Å². The highest BCUT2D eigenvalue weighted by atomic mass is 32.2. The molecule has 1 saturated heterocycles. The van der Waals surface area contributed by atoms with Crippen LogP contribution in [0.25, 0.3) is 0 Å². The third kappa shape index (κ3) is 3.93. The van der Waals surface area contributed by atoms with Gasteiger partial charge in [0.25, 0.3) is 0 Å². The Labute approximate surface area is 151 Å². The second kappa shape index (κ2) is 7.93. The summed E-state index contributed by atoms with van der Waals surface area (Å²) in [5, 5.41) is 3.32. The fourth-order valence-electron chi connectivity index (χ4n) is 3.79. The van der Waals surface area contributed by atoms with Crippen LogP contribution in [0.3, 0.4) is 0 Å². The minimum absolute atomic E-state index is 0.114. The molecule has 1 aromatic carbocycles. The molecule has 0 amide bonds. The molecule has 1 saturated carbocycles. The van der Waals surface area contributed by atoms with Gasteiger partial charge in [0.05, 0.1) is 17.7 Å². The van der Waals surface area contributed by atoms with E-state index in [2.05, 4.69) is 10.2 Å². The summed E-state index contributed by atoms with van der Waals surface area (Å²) in [4.78, 5) is 2.55. The average molecular weight is 368 g/mol. The number of benzene rings is 1. The maximum Gasteiger partial charge on any atom is 0.243 e. The molecule has 0 atom stereocenters. The van der Waals surface area contributed by atoms with E-state index >= 15 is 0 Å². The van der Waals surface area contributed by atoms with Crippen molar-refractivity contribution in [3.05, 3.63) is 18.2 Å². The van der Waals surface area contributed by atoms with E-state index in [1.165, 1.54) is 6.42 Å². The zero-order valence-corrected chi connectivity index (χ0v) is 16.0. The Morgan fingerprint density at radius 2 is 1.84 bits per heavy atom. The fraction of sp³-hybridized carbons (Fsp3) is 0.667. The first-order valence-electron chi connectivity index (χ1n) is 9.16. The molecule has 0 aromatic heterocycles. The lowest BCUT2D eigenvalue weighted by Gasteiger charge is -2.32. The summed E-state index contributed by atoms with van der Waals surface area (Å²) < 4.78 is 33.3. The van der Waals surface area contributed by atoms with Crippen molar-refractivity contribution in [3.63, 3.8) is 0 Å². The molecule has 1 aliphatic heterocycles. The minimum Gasteiger partial charge on any atom is -0.495 e. The first-order valence-corrected chi connectivity index (χ1v) is 10.6. The lowest BCUT2D eigenvalue weighted by molar-refractivity contribution is 0.286. The van der Waals surface area contributed by atoms with Gasteiger partial charge in [-0.2, -0.15) is 4.31 Å². The van der Waals surface area contributed by atoms with Crippen molar-refractivity contribution in [3.8, 4) is 5.75 Å². The molecule has 0 bridgehead atoms. The molecule has 2 aliphatic rings. The topological polar surface area (TPSA) is 61.9 Å². The maximum atomic E-state index is 13.1. The Kier molecular flexibility index (Phi) is 5.86. The number of nitrogens with one attached hydrogen (secondary N) is 1. The van der Waals surface area contributed by atoms with Crippen LogP contribution in [0.5, 0.6) is 5.75 Å². The van der Waals surface area contributed by atoms with E-state index in [-0.39, 0.29) is 6.04 Å². The number of rotatable bonds is 5. The van der Waals surface area contributed by atoms with E-state index in [0.717, 1.165) is 63.3 Å². The van der Waals surface area contributed by atoms with Gasteiger partial charge in [0.2, 0.25) is 10.0 Å². The highest BCUT2D eigenvalue weighted by Crippen LogP contribution is 2.33. The average Bonchev–Trinajstić information content (AvgIpc) is 2.68. The SMILES string of the molecule is COc1ccc(S(=O)(=O)N(C)C2CCCCC2)cc1N1CCNCC1. The molecule has 0 radical (unpaired) electrons. The van der Waals surface area contributed by atoms with Crippen LogP contribution in [0.4, 0.5) is 5.69 Å². The number of methoxy groups -OCH3 is 1. The summed E-state index contributed by atoms with van der Waals surface area (Å²) in [5.41, 5.74) is 0.863. The normalized spacial score (nSPS) is 20.0. The largest absolute Gasteiger partial charge is 0.495 e. The molecular weight excluding hydrogens is 338 g/mol. The van der Waals surface area contributed by atoms with Crippen molar-refractivity contribution in [1.82, 2.24) is 9.62 Å². The third-order valence-electron chi connectivity index (χ3n) is 5.37. The standard InChI is InChI=1S/C18H29N3O3S/c1-20(15-6-4-3-5-7-15)25(22,23)16-8-9-18(24-2)17(14-16)21-12-10-19-11-13-21/h8-9,14-15,19H,3-7,10-13H2,1-2H3. The maximum absolute atomic E-state index is 13.1. The van der Waals surface area contributed by atoms with Crippen LogP contribution in [0, 0.1) is 0 Å². The second-order valence-corrected chi connectivity index (χ2v) is 8.88. The number of nitrogens with zero attached hydrogens (tertiary/aromatic N) is 2. The van der Waals surface area contributed by atoms with E-state index in [1.807, 2.05) is 0 Å². The summed E-state index contributed by atoms with van der Waals surface area (Å²) in [6, 6.07) is 5.33. The molecule has 3 rings (SSSR count). The zero-order chi connectivity index (χ0) is 17.9. The number of hydrogen-bond donors (Lipinski definition) is 1. The van der Waals surface area contributed by atoms with Crippen molar-refractivity contribution in [2.75, 3.05) is 45.2 Å². The van der Waals surface area contributed by atoms with Crippen molar-refractivity contribution in [2.24, 2.45) is 0 Å². The fourth-order valence-corrected chi connectivity index (χ4v) is 5.23. The van der Waals surface area contributed by atoms with Crippen LogP contribution in [0.15, 0.2) is 23.1 Å². The second-order valence-electron chi connectivity index (χ2n) is 6.88. The van der Waals surface area contributed by atoms with E-state index in [4.69, 9.17) is 4.74 Å². The molecule has 1 N–H and O–H groups in total. The Balaban J connectivity index is 1.90. The van der Waals surface area contributed by atoms with Crippen molar-refractivity contribution < 1.29 is 13.2 Å². The van der Waals surface area contributed by atoms with Gasteiger partial charge < -0.3 is 15.0 Å². The van der Waals surface area contributed by atoms with Gasteiger partial charge in [-0.25, -0.2) is 8.42 Å². The highest BCUT2D eigenvalue weighted by molar-refractivity contribution is 7.89. The molecular formula is C18H29N3O3S. The van der Waals surface area contributed by atoms with E-state index in [0.29, 0.717) is 4.90 Å². The van der Waals surface area contributed by atoms with E-state index < -0.39 is 10.0 Å². The van der Waals surface area contributed by atoms with Gasteiger partial charge >= 0.3 is 0 Å². The molecule has 1 aliphatic carbocycles. The zero-order valence-electron chi connectivity index (χ0n) is 15.2. The lowest BCUT2D eigenvalue weighted by atomic mass is 9.96. The molecule has 140 valence electrons. The van der Waals surface area contributed by atoms with Gasteiger partial charge in [-0.15, -0.1) is 0 Å². The van der Waals surface area contributed by atoms with Crippen LogP contribution in [0.2, 0.25) is 0 Å². The van der Waals surface area contributed by atoms with Crippen LogP contribution < -0.4 is 15.0 Å². The Morgan fingerprint density at radius 1 is 1.16 bits per heavy atom. The van der Waals surface area contributed by atoms with Crippen molar-refractivity contribution in [1.29, 1.82) is 0 Å². The summed E-state index contributed by atoms with van der Waals surface area (Å²) in [6.07, 6.45) is 5.34. The number of piperazine rings is 1. The number of hydrogen-bond acceptors (Lipinski definition) is 5. The summed E-state index contributed by atoms with van der Waals surface area (Å²) >= 11 is 0. The Morgan fingerprint density at radius 3 is 2.48 bits per heavy atom. The predicted molar refractivity (Wildman–Crippen MR) is 99.9 cm³/mol. The van der Waals surface area contributed by atoms with Crippen molar-refractivity contribution >= 4 is 15.7 Å². The third-order valence-corrected chi connectivity index (χ3v) is 7.28. The first-order chi connectivity index (χ1) is 12.0. The molecule has 1 heterocycles. The van der Waals surface area contributed by atoms with Gasteiger partial charge in [-0.05, 0) is 31.0 Å². The monoisotopic (exact) mass is 367 g/mol. The molecule has 7 heteroatoms. The first kappa shape index (κ1) is 18.5. The molecule has 0 spiro atoms. The number of sulfonamides is 1. The van der Waals surface area contributed by atoms with Gasteiger partial charge in [0.1, 0.15) is 5.75 Å². The Bertz CT molecular complexity index is 681. The summed E-state index contributed by atoms with van der Waals surface area (Å²) in [7, 11) is -0.139. The van der Waals surface area contributed by atoms with E-state index in [9.17, 15) is 8.42 Å². The van der Waals surface area contributed by atoms with Crippen LogP contribution in [0.1, 0.15) is 32.1 Å². The number of ether oxygens (including phenoxy) is 1. The summed E-state index contributed by atoms with van der Waals surface area (Å²) in [6.45, 7) is 3.47. The summed E-state index contributed by atoms with van der Waals surface area (Å²) in [5.74, 6) is 0.723. The minimum atomic E-state index is -3.49. The quantitative estimate of drug-likeness (QED) is 0.863. The van der Waals surface area contributed by atoms with Gasteiger partial charge in [-0.3, -0.25) is 0 Å². The smallest absolute Gasteiger partial charge is 0.243 e. The highest BCUT2D eigenvalue weighted by Gasteiger charge is 2.30. The van der Waals surface area contributed by atoms with Crippen LogP contribution in [-0.4, -0.2) is 59.1 Å². The van der Waals surface area contributed by atoms with Gasteiger partial charge in [0, 0.05) is 39.3 Å². The van der Waals surface area contributed by atoms with Gasteiger partial charge in [-0.1, -0.05) is 19.3 Å². The van der Waals surface area contributed by atoms with Crippen molar-refractivity contribution in [2.45, 2.75) is 43.0 Å². The molecule has 1 aromatic rings. The molecule has 2 fully saturated rings. The molecule has 0 unspecified atom stereocenters. The molecule has 25 heavy (non-hydrogen) atoms. The lowest BCUT2D eigenvalue weighted by Crippen LogP contribution is -2.43. The molecule has 6 nitrogen and oxygen atoms in total. The number of anilines is 1. The van der Waals surface area contributed by atoms with Crippen LogP contribution in [-0.2, 0) is 10.0 Å².